The molecule has 1 radical (unpaired) electrons. The third kappa shape index (κ3) is 9.00. The van der Waals surface area contributed by atoms with Crippen LogP contribution in [0.25, 0.3) is 0 Å². The van der Waals surface area contributed by atoms with Crippen LogP contribution in [0.3, 0.4) is 0 Å². The molecular formula is C51H75Si. The number of unbranched alkanes of at least 4 members (excludes halogenated alkanes) is 1. The van der Waals surface area contributed by atoms with E-state index >= 15 is 0 Å². The lowest BCUT2D eigenvalue weighted by atomic mass is 9.80. The average molecular weight is 716 g/mol. The molecule has 0 nitrogen and oxygen atoms in total. The van der Waals surface area contributed by atoms with Gasteiger partial charge in [0.15, 0.2) is 8.07 Å². The second-order valence-electron chi connectivity index (χ2n) is 22.3. The fourth-order valence-electron chi connectivity index (χ4n) is 7.39. The first-order valence-corrected chi connectivity index (χ1v) is 22.2. The SMILES string of the molecule is CCCCC1=C[C]([Si](c2cc(C(C)(C)C)cc(C(C)(C)C)c2)(c2cc(C(C)(C)C)cc(C(C)(C)C)c2)c2cc(C(C)(C)C)cc(C(C)(C)C)c2)C=C1. The lowest BCUT2D eigenvalue weighted by Gasteiger charge is -2.42. The van der Waals surface area contributed by atoms with Crippen molar-refractivity contribution in [2.45, 2.75) is 183 Å². The van der Waals surface area contributed by atoms with Gasteiger partial charge in [0.25, 0.3) is 0 Å². The second kappa shape index (κ2) is 14.2. The highest BCUT2D eigenvalue weighted by Crippen LogP contribution is 2.38. The van der Waals surface area contributed by atoms with Crippen molar-refractivity contribution in [2.24, 2.45) is 0 Å². The van der Waals surface area contributed by atoms with Crippen molar-refractivity contribution in [2.75, 3.05) is 0 Å². The van der Waals surface area contributed by atoms with Gasteiger partial charge in [-0.05, 0) is 94.3 Å². The molecule has 0 atom stereocenters. The topological polar surface area (TPSA) is 0 Å². The van der Waals surface area contributed by atoms with Crippen LogP contribution in [0.4, 0.5) is 0 Å². The van der Waals surface area contributed by atoms with Crippen molar-refractivity contribution in [3.05, 3.63) is 117 Å². The standard InChI is InChI=1S/C51H75Si/c1-20-21-22-35-23-24-42(25-35)52(43-29-36(46(2,3)4)26-37(30-43)47(5,6)7,44-31-38(48(8,9)10)27-39(32-44)49(11,12)13)45-33-40(50(14,15)16)28-41(34-45)51(17,18)19/h23-34H,20-22H2,1-19H3. The maximum atomic E-state index is 2.64. The molecule has 4 rings (SSSR count). The summed E-state index contributed by atoms with van der Waals surface area (Å²) >= 11 is 0. The summed E-state index contributed by atoms with van der Waals surface area (Å²) in [7, 11) is -2.98. The molecule has 0 fully saturated rings. The minimum Gasteiger partial charge on any atom is -0.0750 e. The van der Waals surface area contributed by atoms with Crippen LogP contribution in [0.5, 0.6) is 0 Å². The van der Waals surface area contributed by atoms with Crippen molar-refractivity contribution in [3.63, 3.8) is 0 Å². The van der Waals surface area contributed by atoms with Gasteiger partial charge in [-0.15, -0.1) is 0 Å². The molecule has 0 spiro atoms. The van der Waals surface area contributed by atoms with Crippen molar-refractivity contribution < 1.29 is 0 Å². The molecule has 0 saturated carbocycles. The fraction of sp³-hybridized carbons (Fsp3) is 0.549. The van der Waals surface area contributed by atoms with E-state index in [1.807, 2.05) is 0 Å². The Morgan fingerprint density at radius 1 is 0.385 bits per heavy atom. The molecule has 283 valence electrons. The van der Waals surface area contributed by atoms with Crippen LogP contribution in [-0.2, 0) is 32.5 Å². The molecule has 3 aromatic carbocycles. The van der Waals surface area contributed by atoms with Crippen molar-refractivity contribution >= 4 is 23.6 Å². The number of rotatable bonds is 7. The van der Waals surface area contributed by atoms with Gasteiger partial charge >= 0.3 is 0 Å². The van der Waals surface area contributed by atoms with Gasteiger partial charge in [-0.2, -0.15) is 0 Å². The molecule has 52 heavy (non-hydrogen) atoms. The first-order valence-electron chi connectivity index (χ1n) is 20.2. The Labute approximate surface area is 323 Å². The number of allylic oxidation sites excluding steroid dienone is 4. The third-order valence-electron chi connectivity index (χ3n) is 11.4. The highest BCUT2D eigenvalue weighted by molar-refractivity contribution is 7.15. The van der Waals surface area contributed by atoms with Crippen LogP contribution < -0.4 is 15.6 Å². The average Bonchev–Trinajstić information content (AvgIpc) is 3.46. The predicted molar refractivity (Wildman–Crippen MR) is 236 cm³/mol. The molecule has 1 aliphatic carbocycles. The van der Waals surface area contributed by atoms with E-state index in [2.05, 4.69) is 204 Å². The first kappa shape index (κ1) is 42.1. The van der Waals surface area contributed by atoms with Gasteiger partial charge in [-0.3, -0.25) is 0 Å². The normalized spacial score (nSPS) is 15.4. The molecule has 0 saturated heterocycles. The Morgan fingerprint density at radius 2 is 0.654 bits per heavy atom. The van der Waals surface area contributed by atoms with Crippen molar-refractivity contribution in [1.29, 1.82) is 0 Å². The van der Waals surface area contributed by atoms with Crippen LogP contribution >= 0.6 is 0 Å². The molecule has 0 aliphatic heterocycles. The molecule has 0 aromatic heterocycles. The zero-order chi connectivity index (χ0) is 39.5. The molecule has 3 aromatic rings. The molecule has 0 N–H and O–H groups in total. The summed E-state index contributed by atoms with van der Waals surface area (Å²) in [6, 6.07) is 23.4. The van der Waals surface area contributed by atoms with E-state index in [0.29, 0.717) is 0 Å². The van der Waals surface area contributed by atoms with Crippen molar-refractivity contribution in [1.82, 2.24) is 0 Å². The summed E-state index contributed by atoms with van der Waals surface area (Å²) in [6.07, 6.45) is 11.2. The minimum absolute atomic E-state index is 0.00210. The largest absolute Gasteiger partial charge is 0.162 e. The van der Waals surface area contributed by atoms with Gasteiger partial charge in [0, 0.05) is 5.54 Å². The Bertz CT molecular complexity index is 1520. The smallest absolute Gasteiger partial charge is 0.0750 e. The highest BCUT2D eigenvalue weighted by Gasteiger charge is 2.48. The third-order valence-corrected chi connectivity index (χ3v) is 16.0. The van der Waals surface area contributed by atoms with E-state index in [9.17, 15) is 0 Å². The van der Waals surface area contributed by atoms with Crippen LogP contribution in [-0.4, -0.2) is 8.07 Å². The summed E-state index contributed by atoms with van der Waals surface area (Å²) in [5.74, 6) is 0. The maximum Gasteiger partial charge on any atom is 0.162 e. The molecule has 0 bridgehead atoms. The van der Waals surface area contributed by atoms with Gasteiger partial charge in [0.2, 0.25) is 0 Å². The van der Waals surface area contributed by atoms with Crippen LogP contribution in [0.2, 0.25) is 0 Å². The molecule has 0 unspecified atom stereocenters. The monoisotopic (exact) mass is 716 g/mol. The second-order valence-corrected chi connectivity index (χ2v) is 26.1. The minimum atomic E-state index is -2.98. The Morgan fingerprint density at radius 3 is 0.885 bits per heavy atom. The number of hydrogen-bond acceptors (Lipinski definition) is 0. The molecule has 1 heteroatoms. The van der Waals surface area contributed by atoms with E-state index in [1.54, 1.807) is 0 Å². The molecule has 0 amide bonds. The predicted octanol–water partition coefficient (Wildman–Crippen LogP) is 12.7. The Hall–Kier alpha value is -2.64. The van der Waals surface area contributed by atoms with Crippen molar-refractivity contribution in [3.8, 4) is 0 Å². The highest BCUT2D eigenvalue weighted by atomic mass is 28.3. The zero-order valence-electron chi connectivity index (χ0n) is 37.0. The van der Waals surface area contributed by atoms with Gasteiger partial charge in [0.05, 0.1) is 0 Å². The van der Waals surface area contributed by atoms with Gasteiger partial charge in [-0.1, -0.05) is 216 Å². The van der Waals surface area contributed by atoms with Crippen LogP contribution in [0, 0.1) is 5.54 Å². The molecule has 0 heterocycles. The lowest BCUT2D eigenvalue weighted by Crippen LogP contribution is -2.71. The van der Waals surface area contributed by atoms with E-state index < -0.39 is 8.07 Å². The summed E-state index contributed by atoms with van der Waals surface area (Å²) < 4.78 is 0. The van der Waals surface area contributed by atoms with Crippen LogP contribution in [0.1, 0.15) is 184 Å². The summed E-state index contributed by atoms with van der Waals surface area (Å²) in [4.78, 5) is 0. The van der Waals surface area contributed by atoms with Gasteiger partial charge in [0.1, 0.15) is 0 Å². The van der Waals surface area contributed by atoms with E-state index in [-0.39, 0.29) is 32.5 Å². The first-order chi connectivity index (χ1) is 23.5. The van der Waals surface area contributed by atoms with E-state index in [1.165, 1.54) is 72.9 Å². The van der Waals surface area contributed by atoms with Gasteiger partial charge < -0.3 is 0 Å². The maximum absolute atomic E-state index is 2.98. The fourth-order valence-corrected chi connectivity index (χ4v) is 12.4. The zero-order valence-corrected chi connectivity index (χ0v) is 38.0. The molecular weight excluding hydrogens is 641 g/mol. The summed E-state index contributed by atoms with van der Waals surface area (Å²) in [5.41, 5.74) is 11.6. The van der Waals surface area contributed by atoms with E-state index in [4.69, 9.17) is 0 Å². The Kier molecular flexibility index (Phi) is 11.5. The molecule has 1 aliphatic rings. The van der Waals surface area contributed by atoms with Crippen LogP contribution in [0.15, 0.2) is 78.4 Å². The van der Waals surface area contributed by atoms with E-state index in [0.717, 1.165) is 6.42 Å². The number of benzene rings is 3. The number of hydrogen-bond donors (Lipinski definition) is 0. The summed E-state index contributed by atoms with van der Waals surface area (Å²) in [5, 5.41) is 4.53. The Balaban J connectivity index is 2.42. The lowest BCUT2D eigenvalue weighted by molar-refractivity contribution is 0.569. The summed E-state index contributed by atoms with van der Waals surface area (Å²) in [6.45, 7) is 45.4. The quantitative estimate of drug-likeness (QED) is 0.169. The van der Waals surface area contributed by atoms with Gasteiger partial charge in [-0.25, -0.2) is 0 Å².